The van der Waals surface area contributed by atoms with Crippen molar-refractivity contribution in [2.75, 3.05) is 19.8 Å². The van der Waals surface area contributed by atoms with E-state index in [9.17, 15) is 19.2 Å². The molecule has 0 atom stereocenters. The molecule has 2 rings (SSSR count). The Hall–Kier alpha value is -3.62. The lowest BCUT2D eigenvalue weighted by Crippen LogP contribution is -2.41. The van der Waals surface area contributed by atoms with Gasteiger partial charge in [0.15, 0.2) is 13.2 Å². The smallest absolute Gasteiger partial charge is 0.344 e. The first-order valence-electron chi connectivity index (χ1n) is 7.49. The molecule has 0 fully saturated rings. The van der Waals surface area contributed by atoms with Crippen molar-refractivity contribution in [2.24, 2.45) is 0 Å². The molecular formula is C17H16N2O7. The number of fused-ring (bicyclic) bond motifs is 1. The van der Waals surface area contributed by atoms with Crippen LogP contribution in [0.2, 0.25) is 0 Å². The van der Waals surface area contributed by atoms with Crippen molar-refractivity contribution < 1.29 is 28.3 Å². The molecule has 0 bridgehead atoms. The monoisotopic (exact) mass is 360 g/mol. The van der Waals surface area contributed by atoms with Crippen LogP contribution in [0.3, 0.4) is 0 Å². The summed E-state index contributed by atoms with van der Waals surface area (Å²) in [6, 6.07) is 6.88. The van der Waals surface area contributed by atoms with E-state index in [2.05, 4.69) is 16.6 Å². The third-order valence-corrected chi connectivity index (χ3v) is 2.98. The van der Waals surface area contributed by atoms with Crippen molar-refractivity contribution >= 4 is 28.9 Å². The van der Waals surface area contributed by atoms with Crippen LogP contribution in [0, 0.1) is 0 Å². The van der Waals surface area contributed by atoms with Crippen LogP contribution in [0.4, 0.5) is 4.79 Å². The van der Waals surface area contributed by atoms with Crippen LogP contribution in [0.15, 0.2) is 52.2 Å². The molecule has 1 aromatic carbocycles. The molecule has 0 aliphatic carbocycles. The molecule has 0 spiro atoms. The van der Waals surface area contributed by atoms with Crippen molar-refractivity contribution in [3.8, 4) is 5.75 Å². The largest absolute Gasteiger partial charge is 0.482 e. The molecule has 0 saturated carbocycles. The van der Waals surface area contributed by atoms with Crippen LogP contribution in [-0.4, -0.2) is 37.7 Å². The number of imide groups is 1. The Balaban J connectivity index is 1.78. The zero-order chi connectivity index (χ0) is 18.9. The Labute approximate surface area is 147 Å². The number of hydrogen-bond acceptors (Lipinski definition) is 7. The fraction of sp³-hybridized carbons (Fsp3) is 0.176. The van der Waals surface area contributed by atoms with E-state index in [1.165, 1.54) is 18.2 Å². The van der Waals surface area contributed by atoms with Gasteiger partial charge < -0.3 is 19.2 Å². The molecule has 9 heteroatoms. The molecule has 1 heterocycles. The molecule has 26 heavy (non-hydrogen) atoms. The second-order valence-electron chi connectivity index (χ2n) is 4.95. The number of urea groups is 1. The van der Waals surface area contributed by atoms with Crippen LogP contribution < -0.4 is 21.0 Å². The number of nitrogens with one attached hydrogen (secondary N) is 2. The number of amides is 3. The van der Waals surface area contributed by atoms with Gasteiger partial charge in [-0.25, -0.2) is 14.4 Å². The third-order valence-electron chi connectivity index (χ3n) is 2.98. The van der Waals surface area contributed by atoms with E-state index in [1.54, 1.807) is 18.2 Å². The van der Waals surface area contributed by atoms with Gasteiger partial charge in [0.2, 0.25) is 0 Å². The highest BCUT2D eigenvalue weighted by atomic mass is 16.6. The Morgan fingerprint density at radius 3 is 2.69 bits per heavy atom. The van der Waals surface area contributed by atoms with E-state index in [0.717, 1.165) is 0 Å². The molecule has 2 aromatic rings. The predicted molar refractivity (Wildman–Crippen MR) is 90.7 cm³/mol. The number of hydrogen-bond donors (Lipinski definition) is 2. The molecule has 2 N–H and O–H groups in total. The molecule has 136 valence electrons. The SMILES string of the molecule is C=CCNC(=O)NC(=O)COC(=O)COc1ccc2ccc(=O)oc2c1. The van der Waals surface area contributed by atoms with Crippen molar-refractivity contribution in [3.05, 3.63) is 53.4 Å². The van der Waals surface area contributed by atoms with Crippen molar-refractivity contribution in [2.45, 2.75) is 0 Å². The summed E-state index contributed by atoms with van der Waals surface area (Å²) in [5.74, 6) is -1.30. The highest BCUT2D eigenvalue weighted by molar-refractivity contribution is 5.95. The third kappa shape index (κ3) is 5.78. The first kappa shape index (κ1) is 18.7. The standard InChI is InChI=1S/C17H16N2O7/c1-2-7-18-17(23)19-14(20)9-25-16(22)10-24-12-5-3-11-4-6-15(21)26-13(11)8-12/h2-6,8H,1,7,9-10H2,(H2,18,19,20,23). The summed E-state index contributed by atoms with van der Waals surface area (Å²) in [6.45, 7) is 2.51. The van der Waals surface area contributed by atoms with Gasteiger partial charge in [-0.15, -0.1) is 6.58 Å². The van der Waals surface area contributed by atoms with Crippen LogP contribution >= 0.6 is 0 Å². The maximum absolute atomic E-state index is 11.6. The van der Waals surface area contributed by atoms with Crippen LogP contribution in [0.5, 0.6) is 5.75 Å². The lowest BCUT2D eigenvalue weighted by molar-refractivity contribution is -0.150. The second-order valence-corrected chi connectivity index (χ2v) is 4.95. The molecular weight excluding hydrogens is 344 g/mol. The zero-order valence-corrected chi connectivity index (χ0v) is 13.7. The Morgan fingerprint density at radius 1 is 1.15 bits per heavy atom. The number of ether oxygens (including phenoxy) is 2. The van der Waals surface area contributed by atoms with E-state index in [4.69, 9.17) is 9.15 Å². The van der Waals surface area contributed by atoms with E-state index >= 15 is 0 Å². The molecule has 1 aromatic heterocycles. The van der Waals surface area contributed by atoms with E-state index in [0.29, 0.717) is 11.0 Å². The van der Waals surface area contributed by atoms with Crippen LogP contribution in [-0.2, 0) is 14.3 Å². The highest BCUT2D eigenvalue weighted by Crippen LogP contribution is 2.19. The zero-order valence-electron chi connectivity index (χ0n) is 13.7. The van der Waals surface area contributed by atoms with Gasteiger partial charge in [0, 0.05) is 24.1 Å². The number of rotatable bonds is 7. The van der Waals surface area contributed by atoms with Gasteiger partial charge in [-0.3, -0.25) is 10.1 Å². The maximum atomic E-state index is 11.6. The molecule has 0 aliphatic rings. The first-order valence-corrected chi connectivity index (χ1v) is 7.49. The minimum Gasteiger partial charge on any atom is -0.482 e. The van der Waals surface area contributed by atoms with Crippen molar-refractivity contribution in [1.82, 2.24) is 10.6 Å². The number of benzene rings is 1. The lowest BCUT2D eigenvalue weighted by atomic mass is 10.2. The fourth-order valence-electron chi connectivity index (χ4n) is 1.83. The second kappa shape index (κ2) is 9.02. The van der Waals surface area contributed by atoms with E-state index < -0.39 is 36.7 Å². The maximum Gasteiger partial charge on any atom is 0.344 e. The Bertz CT molecular complexity index is 888. The molecule has 3 amide bonds. The molecule has 9 nitrogen and oxygen atoms in total. The Morgan fingerprint density at radius 2 is 1.92 bits per heavy atom. The summed E-state index contributed by atoms with van der Waals surface area (Å²) in [7, 11) is 0. The molecule has 0 unspecified atom stereocenters. The highest BCUT2D eigenvalue weighted by Gasteiger charge is 2.11. The summed E-state index contributed by atoms with van der Waals surface area (Å²) >= 11 is 0. The van der Waals surface area contributed by atoms with Crippen molar-refractivity contribution in [3.63, 3.8) is 0 Å². The van der Waals surface area contributed by atoms with Gasteiger partial charge in [0.05, 0.1) is 0 Å². The van der Waals surface area contributed by atoms with E-state index in [1.807, 2.05) is 5.32 Å². The topological polar surface area (TPSA) is 124 Å². The van der Waals surface area contributed by atoms with Crippen LogP contribution in [0.25, 0.3) is 11.0 Å². The molecule has 0 radical (unpaired) electrons. The minimum absolute atomic E-state index is 0.193. The van der Waals surface area contributed by atoms with Gasteiger partial charge in [-0.05, 0) is 18.2 Å². The van der Waals surface area contributed by atoms with Gasteiger partial charge in [-0.2, -0.15) is 0 Å². The summed E-state index contributed by atoms with van der Waals surface area (Å²) in [4.78, 5) is 45.4. The first-order chi connectivity index (χ1) is 12.5. The van der Waals surface area contributed by atoms with Gasteiger partial charge in [0.25, 0.3) is 5.91 Å². The number of esters is 1. The van der Waals surface area contributed by atoms with Gasteiger partial charge in [-0.1, -0.05) is 6.08 Å². The van der Waals surface area contributed by atoms with Gasteiger partial charge >= 0.3 is 17.6 Å². The Kier molecular flexibility index (Phi) is 6.49. The lowest BCUT2D eigenvalue weighted by Gasteiger charge is -2.08. The number of carbonyl (C=O) groups is 3. The molecule has 0 saturated heterocycles. The van der Waals surface area contributed by atoms with E-state index in [-0.39, 0.29) is 12.3 Å². The quantitative estimate of drug-likeness (QED) is 0.424. The average Bonchev–Trinajstić information content (AvgIpc) is 2.62. The summed E-state index contributed by atoms with van der Waals surface area (Å²) in [5.41, 5.74) is -0.189. The van der Waals surface area contributed by atoms with Gasteiger partial charge in [0.1, 0.15) is 11.3 Å². The summed E-state index contributed by atoms with van der Waals surface area (Å²) < 4.78 is 14.9. The fourth-order valence-corrected chi connectivity index (χ4v) is 1.83. The predicted octanol–water partition coefficient (Wildman–Crippen LogP) is 0.727. The summed E-state index contributed by atoms with van der Waals surface area (Å²) in [6.07, 6.45) is 1.44. The van der Waals surface area contributed by atoms with Crippen LogP contribution in [0.1, 0.15) is 0 Å². The summed E-state index contributed by atoms with van der Waals surface area (Å²) in [5, 5.41) is 5.00. The number of carbonyl (C=O) groups excluding carboxylic acids is 3. The normalized spacial score (nSPS) is 10.0. The minimum atomic E-state index is -0.804. The van der Waals surface area contributed by atoms with Crippen molar-refractivity contribution in [1.29, 1.82) is 0 Å². The molecule has 0 aliphatic heterocycles. The average molecular weight is 360 g/mol.